The van der Waals surface area contributed by atoms with E-state index in [0.717, 1.165) is 0 Å². The number of carbonyl (C=O) groups is 2. The van der Waals surface area contributed by atoms with E-state index in [-0.39, 0.29) is 37.0 Å². The Labute approximate surface area is 145 Å². The van der Waals surface area contributed by atoms with E-state index < -0.39 is 10.1 Å². The van der Waals surface area contributed by atoms with E-state index in [9.17, 15) is 22.6 Å². The lowest BCUT2D eigenvalue weighted by molar-refractivity contribution is -0.150. The average molecular weight is 367 g/mol. The van der Waals surface area contributed by atoms with E-state index in [1.54, 1.807) is 0 Å². The first-order valence-electron chi connectivity index (χ1n) is 8.13. The molecule has 0 spiro atoms. The van der Waals surface area contributed by atoms with Crippen molar-refractivity contribution in [2.75, 3.05) is 25.5 Å². The van der Waals surface area contributed by atoms with Gasteiger partial charge in [0.05, 0.1) is 22.6 Å². The van der Waals surface area contributed by atoms with Crippen LogP contribution in [-0.2, 0) is 29.2 Å². The number of carbonyl (C=O) groups excluding carboxylic acids is 2. The standard InChI is InChI=1S/C13H23NO4.C2H6O3S/c1-4-10(6-9(3)12(15)14-5-2)13(16)18-8-11-7-17-11;1-2-6(3,4)5/h9-11H,4-8H2,1-3H3,(H,14,15);2H2,1H3,(H,3,4,5)/t9-,10+,11?;/m0./s1. The van der Waals surface area contributed by atoms with Crippen LogP contribution in [0.1, 0.15) is 42.0 Å². The van der Waals surface area contributed by atoms with E-state index in [0.29, 0.717) is 32.6 Å². The Balaban J connectivity index is 0. The third kappa shape index (κ3) is 11.4. The lowest BCUT2D eigenvalue weighted by Gasteiger charge is -2.18. The molecule has 1 amide bonds. The molecule has 1 aliphatic rings. The lowest BCUT2D eigenvalue weighted by Crippen LogP contribution is -2.32. The number of hydrogen-bond donors (Lipinski definition) is 1. The van der Waals surface area contributed by atoms with Crippen molar-refractivity contribution in [3.05, 3.63) is 0 Å². The summed E-state index contributed by atoms with van der Waals surface area (Å²) in [4.78, 5) is 23.4. The largest absolute Gasteiger partial charge is 1.00 e. The molecule has 8 nitrogen and oxygen atoms in total. The molecule has 24 heavy (non-hydrogen) atoms. The quantitative estimate of drug-likeness (QED) is 0.362. The summed E-state index contributed by atoms with van der Waals surface area (Å²) in [5.41, 5.74) is 0. The van der Waals surface area contributed by atoms with Crippen LogP contribution in [0, 0.1) is 11.8 Å². The molecule has 142 valence electrons. The number of nitrogens with one attached hydrogen (secondary N) is 1. The Morgan fingerprint density at radius 2 is 1.92 bits per heavy atom. The Morgan fingerprint density at radius 3 is 2.29 bits per heavy atom. The SMILES string of the molecule is CCNC(=O)[C@@H](C)C[C@@H](CC)C(=O)OCC1CO1.CCS(=O)(=O)[O-].[H+]. The third-order valence-corrected chi connectivity index (χ3v) is 4.14. The molecule has 1 fully saturated rings. The molecule has 0 radical (unpaired) electrons. The van der Waals surface area contributed by atoms with Gasteiger partial charge in [-0.3, -0.25) is 9.59 Å². The maximum atomic E-state index is 11.8. The average Bonchev–Trinajstić information content (AvgIpc) is 3.34. The zero-order chi connectivity index (χ0) is 18.8. The summed E-state index contributed by atoms with van der Waals surface area (Å²) >= 11 is 0. The molecule has 1 heterocycles. The molecule has 0 aromatic rings. The highest BCUT2D eigenvalue weighted by molar-refractivity contribution is 7.85. The molecular weight excluding hydrogens is 338 g/mol. The summed E-state index contributed by atoms with van der Waals surface area (Å²) in [6.07, 6.45) is 1.31. The monoisotopic (exact) mass is 367 g/mol. The van der Waals surface area contributed by atoms with Crippen LogP contribution < -0.4 is 5.32 Å². The Hall–Kier alpha value is -1.19. The summed E-state index contributed by atoms with van der Waals surface area (Å²) < 4.78 is 38.5. The van der Waals surface area contributed by atoms with Crippen LogP contribution in [-0.4, -0.2) is 56.5 Å². The highest BCUT2D eigenvalue weighted by Crippen LogP contribution is 2.19. The Kier molecular flexibility index (Phi) is 10.8. The van der Waals surface area contributed by atoms with Gasteiger partial charge < -0.3 is 19.3 Å². The van der Waals surface area contributed by atoms with Gasteiger partial charge in [-0.1, -0.05) is 20.8 Å². The molecular formula is C15H29NO7S. The van der Waals surface area contributed by atoms with E-state index in [1.807, 2.05) is 20.8 Å². The summed E-state index contributed by atoms with van der Waals surface area (Å²) in [7, 11) is -3.91. The second kappa shape index (κ2) is 11.4. The Morgan fingerprint density at radius 1 is 1.38 bits per heavy atom. The van der Waals surface area contributed by atoms with Gasteiger partial charge in [0.25, 0.3) is 0 Å². The van der Waals surface area contributed by atoms with E-state index in [2.05, 4.69) is 5.32 Å². The van der Waals surface area contributed by atoms with Crippen molar-refractivity contribution in [2.24, 2.45) is 11.8 Å². The second-order valence-electron chi connectivity index (χ2n) is 5.57. The van der Waals surface area contributed by atoms with Gasteiger partial charge in [0.2, 0.25) is 5.91 Å². The number of rotatable bonds is 9. The van der Waals surface area contributed by atoms with Crippen LogP contribution >= 0.6 is 0 Å². The van der Waals surface area contributed by atoms with Crippen molar-refractivity contribution in [3.63, 3.8) is 0 Å². The first-order valence-corrected chi connectivity index (χ1v) is 9.71. The van der Waals surface area contributed by atoms with Gasteiger partial charge in [-0.15, -0.1) is 0 Å². The van der Waals surface area contributed by atoms with Gasteiger partial charge >= 0.3 is 7.40 Å². The molecule has 1 aliphatic heterocycles. The van der Waals surface area contributed by atoms with Crippen molar-refractivity contribution in [1.82, 2.24) is 5.32 Å². The van der Waals surface area contributed by atoms with Gasteiger partial charge in [-0.2, -0.15) is 0 Å². The molecule has 0 bridgehead atoms. The molecule has 3 atom stereocenters. The summed E-state index contributed by atoms with van der Waals surface area (Å²) in [6.45, 7) is 8.59. The molecule has 0 aliphatic carbocycles. The first-order chi connectivity index (χ1) is 11.1. The number of hydrogen-bond acceptors (Lipinski definition) is 7. The molecule has 1 unspecified atom stereocenters. The van der Waals surface area contributed by atoms with Crippen molar-refractivity contribution < 1.29 is 33.5 Å². The van der Waals surface area contributed by atoms with Gasteiger partial charge in [-0.25, -0.2) is 8.42 Å². The fourth-order valence-electron chi connectivity index (χ4n) is 1.77. The molecule has 0 saturated carbocycles. The third-order valence-electron chi connectivity index (χ3n) is 3.43. The van der Waals surface area contributed by atoms with Crippen molar-refractivity contribution in [3.8, 4) is 0 Å². The summed E-state index contributed by atoms with van der Waals surface area (Å²) in [5.74, 6) is -0.910. The highest BCUT2D eigenvalue weighted by Gasteiger charge is 2.28. The van der Waals surface area contributed by atoms with Crippen molar-refractivity contribution in [2.45, 2.75) is 46.6 Å². The van der Waals surface area contributed by atoms with Crippen molar-refractivity contribution in [1.29, 1.82) is 0 Å². The molecule has 1 rings (SSSR count). The van der Waals surface area contributed by atoms with Crippen LogP contribution in [0.15, 0.2) is 0 Å². The number of epoxide rings is 1. The minimum absolute atomic E-state index is 0. The predicted molar refractivity (Wildman–Crippen MR) is 88.3 cm³/mol. The van der Waals surface area contributed by atoms with Crippen molar-refractivity contribution >= 4 is 22.0 Å². The van der Waals surface area contributed by atoms with Gasteiger partial charge in [0.1, 0.15) is 12.7 Å². The fraction of sp³-hybridized carbons (Fsp3) is 0.867. The van der Waals surface area contributed by atoms with Crippen LogP contribution in [0.2, 0.25) is 0 Å². The van der Waals surface area contributed by atoms with Crippen LogP contribution in [0.25, 0.3) is 0 Å². The number of ether oxygens (including phenoxy) is 2. The number of esters is 1. The van der Waals surface area contributed by atoms with Crippen LogP contribution in [0.3, 0.4) is 0 Å². The smallest absolute Gasteiger partial charge is 0.748 e. The Bertz CT molecular complexity index is 494. The van der Waals surface area contributed by atoms with E-state index in [1.165, 1.54) is 6.92 Å². The normalized spacial score (nSPS) is 18.6. The number of amides is 1. The second-order valence-corrected chi connectivity index (χ2v) is 7.26. The molecule has 1 saturated heterocycles. The summed E-state index contributed by atoms with van der Waals surface area (Å²) in [6, 6.07) is 0. The van der Waals surface area contributed by atoms with E-state index in [4.69, 9.17) is 9.47 Å². The molecule has 1 N–H and O–H groups in total. The molecule has 9 heteroatoms. The summed E-state index contributed by atoms with van der Waals surface area (Å²) in [5, 5.41) is 2.76. The van der Waals surface area contributed by atoms with Gasteiger partial charge in [-0.05, 0) is 19.8 Å². The first kappa shape index (κ1) is 22.8. The van der Waals surface area contributed by atoms with Crippen LogP contribution in [0.4, 0.5) is 0 Å². The van der Waals surface area contributed by atoms with Gasteiger partial charge in [0.15, 0.2) is 0 Å². The zero-order valence-corrected chi connectivity index (χ0v) is 15.6. The topological polar surface area (TPSA) is 125 Å². The van der Waals surface area contributed by atoms with Crippen LogP contribution in [0.5, 0.6) is 0 Å². The zero-order valence-electron chi connectivity index (χ0n) is 15.7. The maximum absolute atomic E-state index is 11.8. The lowest BCUT2D eigenvalue weighted by atomic mass is 9.93. The van der Waals surface area contributed by atoms with E-state index >= 15 is 0 Å². The minimum Gasteiger partial charge on any atom is -0.748 e. The fourth-order valence-corrected chi connectivity index (χ4v) is 1.77. The predicted octanol–water partition coefficient (Wildman–Crippen LogP) is 0.781. The maximum Gasteiger partial charge on any atom is 1.00 e. The van der Waals surface area contributed by atoms with Gasteiger partial charge in [0, 0.05) is 18.2 Å². The highest BCUT2D eigenvalue weighted by atomic mass is 32.2. The molecule has 0 aromatic carbocycles. The minimum atomic E-state index is -3.91. The molecule has 0 aromatic heterocycles.